The molecule has 3 N–H and O–H groups in total. The standard InChI is InChI=1S/C28H38N2O9/c29-6-8-35-10-12-37-14-16-39-17-15-38-13-11-36-9-7-30-24-3-1-2-22-27(24)26(33)19-23(28(22)34)21-5-4-20(31)18-25(21)32/h1-3,19,21,30H,4-18,29H2. The Labute approximate surface area is 228 Å². The number of carbonyl (C=O) groups excluding carboxylic acids is 4. The summed E-state index contributed by atoms with van der Waals surface area (Å²) in [6, 6.07) is 5.02. The number of fused-ring (bicyclic) bond motifs is 1. The van der Waals surface area contributed by atoms with E-state index >= 15 is 0 Å². The average Bonchev–Trinajstić information content (AvgIpc) is 2.92. The molecule has 214 valence electrons. The zero-order chi connectivity index (χ0) is 27.9. The molecule has 0 spiro atoms. The van der Waals surface area contributed by atoms with E-state index < -0.39 is 5.92 Å². The first-order chi connectivity index (χ1) is 19.0. The number of ether oxygens (including phenoxy) is 5. The summed E-state index contributed by atoms with van der Waals surface area (Å²) in [7, 11) is 0. The highest BCUT2D eigenvalue weighted by Crippen LogP contribution is 2.34. The Balaban J connectivity index is 1.29. The molecule has 0 aliphatic heterocycles. The Hall–Kier alpha value is -2.80. The predicted molar refractivity (Wildman–Crippen MR) is 142 cm³/mol. The second-order valence-corrected chi connectivity index (χ2v) is 9.07. The van der Waals surface area contributed by atoms with Crippen LogP contribution in [0.4, 0.5) is 5.69 Å². The molecular formula is C28H38N2O9. The zero-order valence-corrected chi connectivity index (χ0v) is 22.2. The summed E-state index contributed by atoms with van der Waals surface area (Å²) in [5, 5.41) is 3.16. The number of carbonyl (C=O) groups is 4. The van der Waals surface area contributed by atoms with Gasteiger partial charge in [0.1, 0.15) is 11.6 Å². The lowest BCUT2D eigenvalue weighted by atomic mass is 9.76. The Bertz CT molecular complexity index is 1020. The van der Waals surface area contributed by atoms with Crippen LogP contribution < -0.4 is 11.1 Å². The van der Waals surface area contributed by atoms with Gasteiger partial charge in [0.05, 0.1) is 78.1 Å². The average molecular weight is 547 g/mol. The Morgan fingerprint density at radius 3 is 1.97 bits per heavy atom. The van der Waals surface area contributed by atoms with Crippen LogP contribution >= 0.6 is 0 Å². The van der Waals surface area contributed by atoms with E-state index in [0.29, 0.717) is 90.4 Å². The minimum absolute atomic E-state index is 0.125. The maximum absolute atomic E-state index is 13.1. The van der Waals surface area contributed by atoms with Crippen molar-refractivity contribution in [2.24, 2.45) is 11.7 Å². The summed E-state index contributed by atoms with van der Waals surface area (Å²) in [4.78, 5) is 50.0. The molecule has 1 unspecified atom stereocenters. The second kappa shape index (κ2) is 17.0. The number of allylic oxidation sites excluding steroid dienone is 2. The van der Waals surface area contributed by atoms with Crippen LogP contribution in [0.3, 0.4) is 0 Å². The third kappa shape index (κ3) is 9.71. The van der Waals surface area contributed by atoms with Gasteiger partial charge in [-0.3, -0.25) is 19.2 Å². The van der Waals surface area contributed by atoms with E-state index in [9.17, 15) is 19.2 Å². The van der Waals surface area contributed by atoms with Gasteiger partial charge in [0.15, 0.2) is 11.6 Å². The van der Waals surface area contributed by atoms with E-state index in [4.69, 9.17) is 29.4 Å². The van der Waals surface area contributed by atoms with Gasteiger partial charge in [-0.05, 0) is 18.6 Å². The van der Waals surface area contributed by atoms with Crippen LogP contribution in [-0.4, -0.2) is 102 Å². The SMILES string of the molecule is NCCOCCOCCOCCOCCOCCNc1cccc2c1C(=O)C=C(C1CCC(=O)CC1=O)C2=O. The van der Waals surface area contributed by atoms with Crippen molar-refractivity contribution in [1.82, 2.24) is 0 Å². The largest absolute Gasteiger partial charge is 0.382 e. The molecule has 0 saturated heterocycles. The van der Waals surface area contributed by atoms with Gasteiger partial charge in [0.2, 0.25) is 0 Å². The van der Waals surface area contributed by atoms with Crippen molar-refractivity contribution in [3.8, 4) is 0 Å². The van der Waals surface area contributed by atoms with Crippen LogP contribution in [0.5, 0.6) is 0 Å². The number of rotatable bonds is 19. The lowest BCUT2D eigenvalue weighted by Crippen LogP contribution is -2.32. The molecule has 0 heterocycles. The molecule has 2 aliphatic rings. The summed E-state index contributed by atoms with van der Waals surface area (Å²) in [5.74, 6) is -1.78. The summed E-state index contributed by atoms with van der Waals surface area (Å²) < 4.78 is 27.0. The van der Waals surface area contributed by atoms with Gasteiger partial charge in [-0.25, -0.2) is 0 Å². The molecule has 3 rings (SSSR count). The lowest BCUT2D eigenvalue weighted by molar-refractivity contribution is -0.131. The number of nitrogens with one attached hydrogen (secondary N) is 1. The van der Waals surface area contributed by atoms with Crippen LogP contribution in [0.25, 0.3) is 0 Å². The maximum Gasteiger partial charge on any atom is 0.190 e. The maximum atomic E-state index is 13.1. The van der Waals surface area contributed by atoms with Crippen molar-refractivity contribution in [2.75, 3.05) is 84.5 Å². The topological polar surface area (TPSA) is 152 Å². The van der Waals surface area contributed by atoms with E-state index in [-0.39, 0.29) is 53.5 Å². The normalized spacial score (nSPS) is 17.4. The molecule has 1 aromatic carbocycles. The predicted octanol–water partition coefficient (Wildman–Crippen LogP) is 1.38. The molecule has 39 heavy (non-hydrogen) atoms. The molecule has 0 aromatic heterocycles. The molecule has 0 amide bonds. The monoisotopic (exact) mass is 546 g/mol. The minimum atomic E-state index is -0.697. The molecular weight excluding hydrogens is 508 g/mol. The fraction of sp³-hybridized carbons (Fsp3) is 0.571. The van der Waals surface area contributed by atoms with Crippen molar-refractivity contribution in [2.45, 2.75) is 19.3 Å². The lowest BCUT2D eigenvalue weighted by Gasteiger charge is -2.25. The van der Waals surface area contributed by atoms with Crippen molar-refractivity contribution < 1.29 is 42.9 Å². The zero-order valence-electron chi connectivity index (χ0n) is 22.2. The van der Waals surface area contributed by atoms with Crippen LogP contribution in [0.15, 0.2) is 29.8 Å². The molecule has 2 aliphatic carbocycles. The van der Waals surface area contributed by atoms with E-state index in [1.807, 2.05) is 0 Å². The van der Waals surface area contributed by atoms with Crippen LogP contribution in [-0.2, 0) is 33.3 Å². The molecule has 1 saturated carbocycles. The first-order valence-corrected chi connectivity index (χ1v) is 13.3. The summed E-state index contributed by atoms with van der Waals surface area (Å²) in [6.45, 7) is 5.59. The molecule has 11 heteroatoms. The van der Waals surface area contributed by atoms with Crippen molar-refractivity contribution >= 4 is 28.8 Å². The van der Waals surface area contributed by atoms with Gasteiger partial charge in [0.25, 0.3) is 0 Å². The van der Waals surface area contributed by atoms with Crippen LogP contribution in [0.1, 0.15) is 40.0 Å². The molecule has 1 fully saturated rings. The van der Waals surface area contributed by atoms with Gasteiger partial charge in [0, 0.05) is 42.3 Å². The third-order valence-electron chi connectivity index (χ3n) is 6.26. The number of Topliss-reactive ketones (excluding diaryl/α,β-unsaturated/α-hetero) is 3. The van der Waals surface area contributed by atoms with Gasteiger partial charge in [-0.2, -0.15) is 0 Å². The molecule has 1 atom stereocenters. The Morgan fingerprint density at radius 2 is 1.38 bits per heavy atom. The number of anilines is 1. The van der Waals surface area contributed by atoms with E-state index in [1.54, 1.807) is 18.2 Å². The number of ketones is 4. The van der Waals surface area contributed by atoms with Gasteiger partial charge in [-0.15, -0.1) is 0 Å². The fourth-order valence-electron chi connectivity index (χ4n) is 4.37. The highest BCUT2D eigenvalue weighted by molar-refractivity contribution is 6.28. The van der Waals surface area contributed by atoms with E-state index in [1.165, 1.54) is 6.08 Å². The first kappa shape index (κ1) is 30.7. The van der Waals surface area contributed by atoms with Crippen molar-refractivity contribution in [3.05, 3.63) is 41.0 Å². The number of hydrogen-bond donors (Lipinski definition) is 2. The molecule has 0 radical (unpaired) electrons. The fourth-order valence-corrected chi connectivity index (χ4v) is 4.37. The first-order valence-electron chi connectivity index (χ1n) is 13.3. The third-order valence-corrected chi connectivity index (χ3v) is 6.26. The highest BCUT2D eigenvalue weighted by atomic mass is 16.6. The Morgan fingerprint density at radius 1 is 0.795 bits per heavy atom. The quantitative estimate of drug-likeness (QED) is 0.191. The second-order valence-electron chi connectivity index (χ2n) is 9.07. The number of hydrogen-bond acceptors (Lipinski definition) is 11. The van der Waals surface area contributed by atoms with Crippen LogP contribution in [0.2, 0.25) is 0 Å². The van der Waals surface area contributed by atoms with Gasteiger partial charge < -0.3 is 34.7 Å². The number of nitrogens with two attached hydrogens (primary N) is 1. The van der Waals surface area contributed by atoms with Crippen LogP contribution in [0, 0.1) is 5.92 Å². The highest BCUT2D eigenvalue weighted by Gasteiger charge is 2.37. The van der Waals surface area contributed by atoms with Crippen molar-refractivity contribution in [3.63, 3.8) is 0 Å². The summed E-state index contributed by atoms with van der Waals surface area (Å²) >= 11 is 0. The molecule has 0 bridgehead atoms. The summed E-state index contributed by atoms with van der Waals surface area (Å²) in [6.07, 6.45) is 1.59. The number of benzene rings is 1. The van der Waals surface area contributed by atoms with Gasteiger partial charge >= 0.3 is 0 Å². The summed E-state index contributed by atoms with van der Waals surface area (Å²) in [5.41, 5.74) is 6.61. The van der Waals surface area contributed by atoms with Crippen molar-refractivity contribution in [1.29, 1.82) is 0 Å². The Kier molecular flexibility index (Phi) is 13.4. The molecule has 11 nitrogen and oxygen atoms in total. The smallest absolute Gasteiger partial charge is 0.190 e. The van der Waals surface area contributed by atoms with Gasteiger partial charge in [-0.1, -0.05) is 12.1 Å². The minimum Gasteiger partial charge on any atom is -0.382 e. The molecule has 1 aromatic rings. The van der Waals surface area contributed by atoms with E-state index in [2.05, 4.69) is 5.32 Å². The van der Waals surface area contributed by atoms with E-state index in [0.717, 1.165) is 0 Å².